The molecule has 1 aromatic rings. The third kappa shape index (κ3) is 4.39. The number of rotatable bonds is 6. The molecule has 0 spiro atoms. The van der Waals surface area contributed by atoms with Gasteiger partial charge in [-0.15, -0.1) is 11.3 Å². The van der Waals surface area contributed by atoms with Crippen LogP contribution in [0.25, 0.3) is 0 Å². The molecule has 21 heavy (non-hydrogen) atoms. The molecule has 6 nitrogen and oxygen atoms in total. The number of carbonyl (C=O) groups is 1. The molecule has 2 rings (SSSR count). The summed E-state index contributed by atoms with van der Waals surface area (Å²) in [5.74, 6) is -0.356. The summed E-state index contributed by atoms with van der Waals surface area (Å²) in [6, 6.07) is 0. The lowest BCUT2D eigenvalue weighted by Crippen LogP contribution is -2.45. The van der Waals surface area contributed by atoms with Crippen molar-refractivity contribution in [2.45, 2.75) is 26.9 Å². The molecule has 0 aliphatic carbocycles. The normalized spacial score (nSPS) is 19.5. The molecule has 0 amide bonds. The second-order valence-corrected chi connectivity index (χ2v) is 6.11. The highest BCUT2D eigenvalue weighted by atomic mass is 32.1. The Balaban J connectivity index is 1.88. The molecule has 1 unspecified atom stereocenters. The standard InChI is InChI=1S/C14H23N3O3S/c1-4-17-6-7-20-11(9-17)8-15-14-16-12(10(3)21-14)13(18)19-5-2/h11H,4-9H2,1-3H3,(H,15,16). The van der Waals surface area contributed by atoms with Crippen LogP contribution >= 0.6 is 11.3 Å². The second-order valence-electron chi connectivity index (χ2n) is 4.91. The number of hydrogen-bond donors (Lipinski definition) is 1. The van der Waals surface area contributed by atoms with E-state index in [1.807, 2.05) is 6.92 Å². The molecule has 1 aliphatic heterocycles. The lowest BCUT2D eigenvalue weighted by atomic mass is 10.2. The summed E-state index contributed by atoms with van der Waals surface area (Å²) in [5.41, 5.74) is 0.407. The summed E-state index contributed by atoms with van der Waals surface area (Å²) in [7, 11) is 0. The highest BCUT2D eigenvalue weighted by Gasteiger charge is 2.20. The van der Waals surface area contributed by atoms with Crippen LogP contribution in [0.3, 0.4) is 0 Å². The van der Waals surface area contributed by atoms with Crippen molar-refractivity contribution in [3.05, 3.63) is 10.6 Å². The van der Waals surface area contributed by atoms with Gasteiger partial charge in [0.2, 0.25) is 0 Å². The van der Waals surface area contributed by atoms with Crippen molar-refractivity contribution in [3.8, 4) is 0 Å². The third-order valence-corrected chi connectivity index (χ3v) is 4.34. The average molecular weight is 313 g/mol. The highest BCUT2D eigenvalue weighted by molar-refractivity contribution is 7.15. The van der Waals surface area contributed by atoms with Crippen LogP contribution in [0, 0.1) is 6.92 Å². The van der Waals surface area contributed by atoms with Crippen LogP contribution in [0.15, 0.2) is 0 Å². The van der Waals surface area contributed by atoms with E-state index in [4.69, 9.17) is 9.47 Å². The summed E-state index contributed by atoms with van der Waals surface area (Å²) < 4.78 is 10.7. The number of likely N-dealkylation sites (N-methyl/N-ethyl adjacent to an activating group) is 1. The van der Waals surface area contributed by atoms with Crippen LogP contribution < -0.4 is 5.32 Å². The Morgan fingerprint density at radius 3 is 3.10 bits per heavy atom. The lowest BCUT2D eigenvalue weighted by molar-refractivity contribution is -0.0191. The Bertz CT molecular complexity index is 478. The van der Waals surface area contributed by atoms with Crippen LogP contribution in [0.1, 0.15) is 29.2 Å². The zero-order valence-electron chi connectivity index (χ0n) is 12.8. The van der Waals surface area contributed by atoms with Crippen LogP contribution in [-0.4, -0.2) is 61.3 Å². The zero-order valence-corrected chi connectivity index (χ0v) is 13.7. The van der Waals surface area contributed by atoms with Crippen molar-refractivity contribution >= 4 is 22.4 Å². The van der Waals surface area contributed by atoms with E-state index in [1.54, 1.807) is 6.92 Å². The summed E-state index contributed by atoms with van der Waals surface area (Å²) in [6.07, 6.45) is 0.161. The summed E-state index contributed by atoms with van der Waals surface area (Å²) in [5, 5.41) is 4.01. The topological polar surface area (TPSA) is 63.7 Å². The first-order valence-corrected chi connectivity index (χ1v) is 8.18. The van der Waals surface area contributed by atoms with E-state index in [-0.39, 0.29) is 12.1 Å². The molecule has 0 saturated carbocycles. The number of nitrogens with one attached hydrogen (secondary N) is 1. The Hall–Kier alpha value is -1.18. The van der Waals surface area contributed by atoms with Gasteiger partial charge >= 0.3 is 5.97 Å². The van der Waals surface area contributed by atoms with E-state index in [1.165, 1.54) is 11.3 Å². The van der Waals surface area contributed by atoms with Gasteiger partial charge in [0, 0.05) is 24.5 Å². The summed E-state index contributed by atoms with van der Waals surface area (Å²) >= 11 is 1.47. The molecule has 0 bridgehead atoms. The number of anilines is 1. The minimum absolute atomic E-state index is 0.161. The molecular weight excluding hydrogens is 290 g/mol. The van der Waals surface area contributed by atoms with Gasteiger partial charge in [-0.2, -0.15) is 0 Å². The van der Waals surface area contributed by atoms with E-state index in [0.29, 0.717) is 18.8 Å². The average Bonchev–Trinajstić information content (AvgIpc) is 2.87. The molecule has 0 aromatic carbocycles. The highest BCUT2D eigenvalue weighted by Crippen LogP contribution is 2.23. The lowest BCUT2D eigenvalue weighted by Gasteiger charge is -2.32. The number of aryl methyl sites for hydroxylation is 1. The Morgan fingerprint density at radius 2 is 2.38 bits per heavy atom. The maximum absolute atomic E-state index is 11.7. The van der Waals surface area contributed by atoms with Gasteiger partial charge < -0.3 is 14.8 Å². The molecule has 1 aromatic heterocycles. The molecule has 2 heterocycles. The van der Waals surface area contributed by atoms with E-state index in [2.05, 4.69) is 22.1 Å². The fourth-order valence-corrected chi connectivity index (χ4v) is 3.06. The number of esters is 1. The molecule has 1 atom stereocenters. The van der Waals surface area contributed by atoms with Gasteiger partial charge in [-0.1, -0.05) is 6.92 Å². The molecule has 0 radical (unpaired) electrons. The number of ether oxygens (including phenoxy) is 2. The molecule has 1 fully saturated rings. The molecule has 118 valence electrons. The first-order valence-electron chi connectivity index (χ1n) is 7.36. The molecule has 7 heteroatoms. The Kier molecular flexibility index (Phi) is 5.96. The smallest absolute Gasteiger partial charge is 0.358 e. The maximum Gasteiger partial charge on any atom is 0.358 e. The predicted molar refractivity (Wildman–Crippen MR) is 83.2 cm³/mol. The van der Waals surface area contributed by atoms with Crippen molar-refractivity contribution in [3.63, 3.8) is 0 Å². The van der Waals surface area contributed by atoms with E-state index < -0.39 is 0 Å². The van der Waals surface area contributed by atoms with Crippen LogP contribution in [0.5, 0.6) is 0 Å². The molecule has 1 saturated heterocycles. The zero-order chi connectivity index (χ0) is 15.2. The van der Waals surface area contributed by atoms with Gasteiger partial charge in [0.1, 0.15) is 0 Å². The first-order chi connectivity index (χ1) is 10.1. The van der Waals surface area contributed by atoms with Crippen molar-refractivity contribution in [1.29, 1.82) is 0 Å². The number of thiazole rings is 1. The van der Waals surface area contributed by atoms with Crippen molar-refractivity contribution in [2.75, 3.05) is 44.7 Å². The SMILES string of the molecule is CCOC(=O)c1nc(NCC2CN(CC)CCO2)sc1C. The number of morpholine rings is 1. The van der Waals surface area contributed by atoms with Gasteiger partial charge in [0.15, 0.2) is 10.8 Å². The molecular formula is C14H23N3O3S. The van der Waals surface area contributed by atoms with Gasteiger partial charge in [-0.25, -0.2) is 9.78 Å². The van der Waals surface area contributed by atoms with Gasteiger partial charge in [0.25, 0.3) is 0 Å². The monoisotopic (exact) mass is 313 g/mol. The van der Waals surface area contributed by atoms with Gasteiger partial charge in [-0.05, 0) is 20.4 Å². The van der Waals surface area contributed by atoms with Gasteiger partial charge in [0.05, 0.1) is 19.3 Å². The predicted octanol–water partition coefficient (Wildman–Crippen LogP) is 1.76. The van der Waals surface area contributed by atoms with E-state index >= 15 is 0 Å². The fraction of sp³-hybridized carbons (Fsp3) is 0.714. The third-order valence-electron chi connectivity index (χ3n) is 3.42. The fourth-order valence-electron chi connectivity index (χ4n) is 2.25. The molecule has 1 N–H and O–H groups in total. The van der Waals surface area contributed by atoms with E-state index in [0.717, 1.165) is 36.2 Å². The van der Waals surface area contributed by atoms with E-state index in [9.17, 15) is 4.79 Å². The minimum atomic E-state index is -0.356. The van der Waals surface area contributed by atoms with Crippen molar-refractivity contribution < 1.29 is 14.3 Å². The van der Waals surface area contributed by atoms with Crippen LogP contribution in [0.4, 0.5) is 5.13 Å². The van der Waals surface area contributed by atoms with Crippen molar-refractivity contribution in [2.24, 2.45) is 0 Å². The maximum atomic E-state index is 11.7. The van der Waals surface area contributed by atoms with Gasteiger partial charge in [-0.3, -0.25) is 4.90 Å². The second kappa shape index (κ2) is 7.72. The number of hydrogen-bond acceptors (Lipinski definition) is 7. The summed E-state index contributed by atoms with van der Waals surface area (Å²) in [6.45, 7) is 10.6. The number of nitrogens with zero attached hydrogens (tertiary/aromatic N) is 2. The molecule has 1 aliphatic rings. The van der Waals surface area contributed by atoms with Crippen molar-refractivity contribution in [1.82, 2.24) is 9.88 Å². The van der Waals surface area contributed by atoms with Crippen LogP contribution in [-0.2, 0) is 9.47 Å². The largest absolute Gasteiger partial charge is 0.461 e. The Morgan fingerprint density at radius 1 is 1.57 bits per heavy atom. The minimum Gasteiger partial charge on any atom is -0.461 e. The van der Waals surface area contributed by atoms with Crippen LogP contribution in [0.2, 0.25) is 0 Å². The summed E-state index contributed by atoms with van der Waals surface area (Å²) in [4.78, 5) is 19.3. The first kappa shape index (κ1) is 16.2. The quantitative estimate of drug-likeness (QED) is 0.808. The number of carbonyl (C=O) groups excluding carboxylic acids is 1. The Labute approximate surface area is 129 Å². The number of aromatic nitrogens is 1.